The number of aromatic nitrogens is 2. The highest BCUT2D eigenvalue weighted by atomic mass is 32.1. The molecule has 2 heterocycles. The van der Waals surface area contributed by atoms with Gasteiger partial charge in [-0.25, -0.2) is 0 Å². The lowest BCUT2D eigenvalue weighted by molar-refractivity contribution is -0.122. The van der Waals surface area contributed by atoms with Gasteiger partial charge in [-0.3, -0.25) is 14.4 Å². The Labute approximate surface area is 118 Å². The van der Waals surface area contributed by atoms with Crippen LogP contribution in [-0.4, -0.2) is 32.2 Å². The second-order valence-electron chi connectivity index (χ2n) is 4.87. The van der Waals surface area contributed by atoms with Crippen LogP contribution in [-0.2, 0) is 11.3 Å². The molecule has 1 N–H and O–H groups in total. The molecule has 0 atom stereocenters. The van der Waals surface area contributed by atoms with Crippen LogP contribution in [0.4, 0.5) is 0 Å². The van der Waals surface area contributed by atoms with Crippen LogP contribution in [0.2, 0.25) is 0 Å². The van der Waals surface area contributed by atoms with Crippen molar-refractivity contribution in [3.63, 3.8) is 0 Å². The van der Waals surface area contributed by atoms with Crippen molar-refractivity contribution in [2.75, 3.05) is 6.54 Å². The van der Waals surface area contributed by atoms with Crippen molar-refractivity contribution < 1.29 is 4.79 Å². The SMILES string of the molecule is CCn1nccc1/C=C1/NC(=S)N(CC(C)C)C1=O. The van der Waals surface area contributed by atoms with Crippen molar-refractivity contribution in [1.29, 1.82) is 0 Å². The van der Waals surface area contributed by atoms with Crippen molar-refractivity contribution in [3.8, 4) is 0 Å². The molecule has 0 aromatic carbocycles. The molecule has 0 radical (unpaired) electrons. The molecule has 1 aliphatic rings. The lowest BCUT2D eigenvalue weighted by Gasteiger charge is -2.15. The number of hydrogen-bond acceptors (Lipinski definition) is 3. The van der Waals surface area contributed by atoms with E-state index >= 15 is 0 Å². The Hall–Kier alpha value is -1.69. The van der Waals surface area contributed by atoms with Crippen LogP contribution in [0, 0.1) is 5.92 Å². The molecular weight excluding hydrogens is 260 g/mol. The van der Waals surface area contributed by atoms with E-state index in [4.69, 9.17) is 12.2 Å². The van der Waals surface area contributed by atoms with Gasteiger partial charge in [0.2, 0.25) is 0 Å². The highest BCUT2D eigenvalue weighted by molar-refractivity contribution is 7.80. The van der Waals surface area contributed by atoms with Gasteiger partial charge in [-0.2, -0.15) is 5.10 Å². The molecule has 0 unspecified atom stereocenters. The van der Waals surface area contributed by atoms with Crippen molar-refractivity contribution in [2.45, 2.75) is 27.3 Å². The molecule has 19 heavy (non-hydrogen) atoms. The van der Waals surface area contributed by atoms with E-state index in [0.29, 0.717) is 23.3 Å². The Morgan fingerprint density at radius 3 is 2.89 bits per heavy atom. The van der Waals surface area contributed by atoms with Gasteiger partial charge in [-0.05, 0) is 37.2 Å². The van der Waals surface area contributed by atoms with Crippen LogP contribution >= 0.6 is 12.2 Å². The minimum Gasteiger partial charge on any atom is -0.328 e. The summed E-state index contributed by atoms with van der Waals surface area (Å²) in [6, 6.07) is 1.87. The zero-order valence-corrected chi connectivity index (χ0v) is 12.2. The van der Waals surface area contributed by atoms with E-state index in [1.807, 2.05) is 17.7 Å². The topological polar surface area (TPSA) is 50.2 Å². The summed E-state index contributed by atoms with van der Waals surface area (Å²) in [4.78, 5) is 13.9. The normalized spacial score (nSPS) is 17.7. The molecule has 1 amide bonds. The fraction of sp³-hybridized carbons (Fsp3) is 0.462. The van der Waals surface area contributed by atoms with Crippen LogP contribution in [0.1, 0.15) is 26.5 Å². The number of rotatable bonds is 4. The fourth-order valence-corrected chi connectivity index (χ4v) is 2.25. The summed E-state index contributed by atoms with van der Waals surface area (Å²) in [5, 5.41) is 7.63. The van der Waals surface area contributed by atoms with Crippen LogP contribution < -0.4 is 5.32 Å². The van der Waals surface area contributed by atoms with E-state index in [9.17, 15) is 4.79 Å². The number of nitrogens with one attached hydrogen (secondary N) is 1. The Kier molecular flexibility index (Phi) is 3.99. The summed E-state index contributed by atoms with van der Waals surface area (Å²) in [5.41, 5.74) is 1.41. The van der Waals surface area contributed by atoms with E-state index in [1.165, 1.54) is 0 Å². The highest BCUT2D eigenvalue weighted by Gasteiger charge is 2.30. The predicted octanol–water partition coefficient (Wildman–Crippen LogP) is 1.62. The zero-order valence-electron chi connectivity index (χ0n) is 11.4. The maximum Gasteiger partial charge on any atom is 0.276 e. The molecule has 0 bridgehead atoms. The predicted molar refractivity (Wildman–Crippen MR) is 78.2 cm³/mol. The van der Waals surface area contributed by atoms with Gasteiger partial charge in [0.15, 0.2) is 5.11 Å². The first kappa shape index (κ1) is 13.7. The Bertz CT molecular complexity index is 533. The maximum absolute atomic E-state index is 12.3. The van der Waals surface area contributed by atoms with Gasteiger partial charge >= 0.3 is 0 Å². The molecular formula is C13H18N4OS. The molecule has 0 spiro atoms. The van der Waals surface area contributed by atoms with Gasteiger partial charge < -0.3 is 5.32 Å². The largest absolute Gasteiger partial charge is 0.328 e. The molecule has 0 aliphatic carbocycles. The lowest BCUT2D eigenvalue weighted by Crippen LogP contribution is -2.33. The third-order valence-corrected chi connectivity index (χ3v) is 3.17. The number of nitrogens with zero attached hydrogens (tertiary/aromatic N) is 3. The fourth-order valence-electron chi connectivity index (χ4n) is 1.98. The van der Waals surface area contributed by atoms with E-state index in [-0.39, 0.29) is 5.91 Å². The first-order chi connectivity index (χ1) is 9.02. The first-order valence-corrected chi connectivity index (χ1v) is 6.80. The average molecular weight is 278 g/mol. The number of amides is 1. The second kappa shape index (κ2) is 5.52. The maximum atomic E-state index is 12.3. The van der Waals surface area contributed by atoms with Crippen LogP contribution in [0.15, 0.2) is 18.0 Å². The van der Waals surface area contributed by atoms with Gasteiger partial charge in [0.25, 0.3) is 5.91 Å². The molecule has 1 aromatic rings. The summed E-state index contributed by atoms with van der Waals surface area (Å²) >= 11 is 5.20. The monoisotopic (exact) mass is 278 g/mol. The van der Waals surface area contributed by atoms with Crippen LogP contribution in [0.3, 0.4) is 0 Å². The van der Waals surface area contributed by atoms with Crippen molar-refractivity contribution in [3.05, 3.63) is 23.7 Å². The third kappa shape index (κ3) is 2.84. The lowest BCUT2D eigenvalue weighted by atomic mass is 10.2. The summed E-state index contributed by atoms with van der Waals surface area (Å²) < 4.78 is 1.83. The molecule has 1 saturated heterocycles. The van der Waals surface area contributed by atoms with Gasteiger partial charge in [-0.1, -0.05) is 13.8 Å². The number of aryl methyl sites for hydroxylation is 1. The highest BCUT2D eigenvalue weighted by Crippen LogP contribution is 2.15. The Balaban J connectivity index is 2.23. The minimum absolute atomic E-state index is 0.0671. The minimum atomic E-state index is -0.0671. The molecule has 1 fully saturated rings. The van der Waals surface area contributed by atoms with Crippen LogP contribution in [0.5, 0.6) is 0 Å². The smallest absolute Gasteiger partial charge is 0.276 e. The van der Waals surface area contributed by atoms with E-state index in [2.05, 4.69) is 24.3 Å². The summed E-state index contributed by atoms with van der Waals surface area (Å²) in [6.07, 6.45) is 3.52. The molecule has 1 aliphatic heterocycles. The van der Waals surface area contributed by atoms with Gasteiger partial charge in [0.05, 0.1) is 5.69 Å². The molecule has 2 rings (SSSR count). The average Bonchev–Trinajstić information content (AvgIpc) is 2.89. The third-order valence-electron chi connectivity index (χ3n) is 2.85. The quantitative estimate of drug-likeness (QED) is 0.671. The Morgan fingerprint density at radius 1 is 1.53 bits per heavy atom. The van der Waals surface area contributed by atoms with E-state index in [1.54, 1.807) is 17.2 Å². The number of hydrogen-bond donors (Lipinski definition) is 1. The number of thiocarbonyl (C=S) groups is 1. The van der Waals surface area contributed by atoms with E-state index < -0.39 is 0 Å². The van der Waals surface area contributed by atoms with Gasteiger partial charge in [0, 0.05) is 19.3 Å². The second-order valence-corrected chi connectivity index (χ2v) is 5.26. The molecule has 1 aromatic heterocycles. The van der Waals surface area contributed by atoms with Crippen molar-refractivity contribution in [1.82, 2.24) is 20.0 Å². The molecule has 5 nitrogen and oxygen atoms in total. The molecule has 102 valence electrons. The molecule has 6 heteroatoms. The summed E-state index contributed by atoms with van der Waals surface area (Å²) in [6.45, 7) is 7.53. The van der Waals surface area contributed by atoms with Crippen LogP contribution in [0.25, 0.3) is 6.08 Å². The number of carbonyl (C=O) groups excluding carboxylic acids is 1. The summed E-state index contributed by atoms with van der Waals surface area (Å²) in [5.74, 6) is 0.312. The van der Waals surface area contributed by atoms with Crippen molar-refractivity contribution >= 4 is 29.3 Å². The van der Waals surface area contributed by atoms with Gasteiger partial charge in [0.1, 0.15) is 5.70 Å². The zero-order chi connectivity index (χ0) is 14.0. The summed E-state index contributed by atoms with van der Waals surface area (Å²) in [7, 11) is 0. The first-order valence-electron chi connectivity index (χ1n) is 6.39. The van der Waals surface area contributed by atoms with Gasteiger partial charge in [-0.15, -0.1) is 0 Å². The standard InChI is InChI=1S/C13H18N4OS/c1-4-17-10(5-6-14-17)7-11-12(18)16(8-9(2)3)13(19)15-11/h5-7,9H,4,8H2,1-3H3,(H,15,19)/b11-7+. The van der Waals surface area contributed by atoms with Crippen molar-refractivity contribution in [2.24, 2.45) is 5.92 Å². The number of carbonyl (C=O) groups is 1. The molecule has 0 saturated carbocycles. The van der Waals surface area contributed by atoms with E-state index in [0.717, 1.165) is 12.2 Å². The Morgan fingerprint density at radius 2 is 2.26 bits per heavy atom.